The lowest BCUT2D eigenvalue weighted by Gasteiger charge is -2.11. The molecule has 110 valence electrons. The van der Waals surface area contributed by atoms with E-state index >= 15 is 0 Å². The normalized spacial score (nSPS) is 10.1. The van der Waals surface area contributed by atoms with Crippen molar-refractivity contribution in [3.63, 3.8) is 0 Å². The summed E-state index contributed by atoms with van der Waals surface area (Å²) in [5.41, 5.74) is 1.01. The Labute approximate surface area is 136 Å². The topological polar surface area (TPSA) is 47.6 Å². The van der Waals surface area contributed by atoms with Gasteiger partial charge in [0.2, 0.25) is 0 Å². The van der Waals surface area contributed by atoms with Gasteiger partial charge in [-0.3, -0.25) is 4.79 Å². The fourth-order valence-corrected chi connectivity index (χ4v) is 2.49. The maximum Gasteiger partial charge on any atom is 0.255 e. The van der Waals surface area contributed by atoms with Crippen molar-refractivity contribution in [2.75, 3.05) is 19.5 Å². The van der Waals surface area contributed by atoms with Crippen molar-refractivity contribution in [1.82, 2.24) is 0 Å². The maximum absolute atomic E-state index is 12.3. The van der Waals surface area contributed by atoms with E-state index in [9.17, 15) is 4.79 Å². The standard InChI is InChI=1S/C15H13BrClNO3/c1-20-13-5-3-9(7-11(13)16)15(19)18-12-8-10(17)4-6-14(12)21-2/h3-8H,1-2H3,(H,18,19). The minimum absolute atomic E-state index is 0.265. The van der Waals surface area contributed by atoms with Crippen molar-refractivity contribution >= 4 is 39.1 Å². The summed E-state index contributed by atoms with van der Waals surface area (Å²) in [4.78, 5) is 12.3. The van der Waals surface area contributed by atoms with Crippen LogP contribution in [0.15, 0.2) is 40.9 Å². The number of amides is 1. The summed E-state index contributed by atoms with van der Waals surface area (Å²) in [5, 5.41) is 3.29. The van der Waals surface area contributed by atoms with Crippen LogP contribution in [0.4, 0.5) is 5.69 Å². The first-order valence-corrected chi connectivity index (χ1v) is 7.20. The van der Waals surface area contributed by atoms with Crippen LogP contribution in [-0.2, 0) is 0 Å². The van der Waals surface area contributed by atoms with Gasteiger partial charge in [0.15, 0.2) is 0 Å². The largest absolute Gasteiger partial charge is 0.496 e. The average molecular weight is 371 g/mol. The van der Waals surface area contributed by atoms with Gasteiger partial charge in [-0.25, -0.2) is 0 Å². The highest BCUT2D eigenvalue weighted by atomic mass is 79.9. The van der Waals surface area contributed by atoms with Crippen LogP contribution in [0.2, 0.25) is 5.02 Å². The second-order valence-corrected chi connectivity index (χ2v) is 5.44. The minimum Gasteiger partial charge on any atom is -0.496 e. The summed E-state index contributed by atoms with van der Waals surface area (Å²) in [6, 6.07) is 10.1. The van der Waals surface area contributed by atoms with Crippen LogP contribution in [0.1, 0.15) is 10.4 Å². The predicted molar refractivity (Wildman–Crippen MR) is 86.7 cm³/mol. The minimum atomic E-state index is -0.265. The zero-order valence-corrected chi connectivity index (χ0v) is 13.8. The summed E-state index contributed by atoms with van der Waals surface area (Å²) in [5.74, 6) is 0.936. The third-order valence-corrected chi connectivity index (χ3v) is 3.68. The Morgan fingerprint density at radius 1 is 1.10 bits per heavy atom. The van der Waals surface area contributed by atoms with Crippen molar-refractivity contribution in [1.29, 1.82) is 0 Å². The molecule has 0 radical (unpaired) electrons. The summed E-state index contributed by atoms with van der Waals surface area (Å²) < 4.78 is 11.0. The Hall–Kier alpha value is -1.72. The molecule has 1 amide bonds. The quantitative estimate of drug-likeness (QED) is 0.869. The van der Waals surface area contributed by atoms with Crippen LogP contribution in [0.25, 0.3) is 0 Å². The second kappa shape index (κ2) is 6.83. The van der Waals surface area contributed by atoms with Crippen molar-refractivity contribution in [3.05, 3.63) is 51.5 Å². The molecule has 2 aromatic rings. The van der Waals surface area contributed by atoms with Gasteiger partial charge in [-0.05, 0) is 52.3 Å². The molecule has 0 saturated heterocycles. The van der Waals surface area contributed by atoms with E-state index in [1.807, 2.05) is 0 Å². The van der Waals surface area contributed by atoms with E-state index in [0.717, 1.165) is 0 Å². The number of rotatable bonds is 4. The lowest BCUT2D eigenvalue weighted by molar-refractivity contribution is 0.102. The summed E-state index contributed by atoms with van der Waals surface area (Å²) >= 11 is 9.29. The molecule has 0 saturated carbocycles. The maximum atomic E-state index is 12.3. The van der Waals surface area contributed by atoms with E-state index in [4.69, 9.17) is 21.1 Å². The number of halogens is 2. The number of methoxy groups -OCH3 is 2. The number of carbonyl (C=O) groups excluding carboxylic acids is 1. The molecule has 0 unspecified atom stereocenters. The number of hydrogen-bond acceptors (Lipinski definition) is 3. The van der Waals surface area contributed by atoms with Crippen molar-refractivity contribution in [2.45, 2.75) is 0 Å². The molecule has 0 bridgehead atoms. The number of nitrogens with one attached hydrogen (secondary N) is 1. The van der Waals surface area contributed by atoms with Crippen LogP contribution in [-0.4, -0.2) is 20.1 Å². The molecule has 0 aliphatic rings. The first-order chi connectivity index (χ1) is 10.0. The smallest absolute Gasteiger partial charge is 0.255 e. The average Bonchev–Trinajstić information content (AvgIpc) is 2.47. The fourth-order valence-electron chi connectivity index (χ4n) is 1.78. The van der Waals surface area contributed by atoms with Crippen LogP contribution in [0.3, 0.4) is 0 Å². The predicted octanol–water partition coefficient (Wildman–Crippen LogP) is 4.37. The van der Waals surface area contributed by atoms with Gasteiger partial charge in [0, 0.05) is 10.6 Å². The van der Waals surface area contributed by atoms with Gasteiger partial charge in [0.1, 0.15) is 11.5 Å². The highest BCUT2D eigenvalue weighted by molar-refractivity contribution is 9.10. The number of hydrogen-bond donors (Lipinski definition) is 1. The van der Waals surface area contributed by atoms with E-state index in [0.29, 0.717) is 32.2 Å². The third-order valence-electron chi connectivity index (χ3n) is 2.82. The number of carbonyl (C=O) groups is 1. The first kappa shape index (κ1) is 15.7. The summed E-state index contributed by atoms with van der Waals surface area (Å²) in [7, 11) is 3.10. The molecule has 0 aliphatic carbocycles. The van der Waals surface area contributed by atoms with Crippen LogP contribution in [0.5, 0.6) is 11.5 Å². The second-order valence-electron chi connectivity index (χ2n) is 4.15. The van der Waals surface area contributed by atoms with Crippen molar-refractivity contribution in [3.8, 4) is 11.5 Å². The lowest BCUT2D eigenvalue weighted by Crippen LogP contribution is -2.12. The van der Waals surface area contributed by atoms with E-state index in [1.54, 1.807) is 43.5 Å². The van der Waals surface area contributed by atoms with Gasteiger partial charge in [-0.2, -0.15) is 0 Å². The SMILES string of the molecule is COc1ccc(C(=O)Nc2cc(Cl)ccc2OC)cc1Br. The van der Waals surface area contributed by atoms with Gasteiger partial charge >= 0.3 is 0 Å². The zero-order valence-electron chi connectivity index (χ0n) is 11.4. The van der Waals surface area contributed by atoms with Crippen LogP contribution >= 0.6 is 27.5 Å². The Morgan fingerprint density at radius 2 is 1.76 bits per heavy atom. The number of anilines is 1. The van der Waals surface area contributed by atoms with Gasteiger partial charge in [0.05, 0.1) is 24.4 Å². The molecule has 0 atom stereocenters. The van der Waals surface area contributed by atoms with Crippen LogP contribution < -0.4 is 14.8 Å². The Bertz CT molecular complexity index is 676. The molecular formula is C15H13BrClNO3. The summed E-state index contributed by atoms with van der Waals surface area (Å²) in [6.07, 6.45) is 0. The van der Waals surface area contributed by atoms with E-state index in [2.05, 4.69) is 21.2 Å². The molecule has 2 aromatic carbocycles. The molecule has 4 nitrogen and oxygen atoms in total. The summed E-state index contributed by atoms with van der Waals surface area (Å²) in [6.45, 7) is 0. The molecule has 0 fully saturated rings. The molecule has 1 N–H and O–H groups in total. The van der Waals surface area contributed by atoms with Gasteiger partial charge in [-0.1, -0.05) is 11.6 Å². The van der Waals surface area contributed by atoms with Crippen molar-refractivity contribution in [2.24, 2.45) is 0 Å². The molecule has 2 rings (SSSR count). The highest BCUT2D eigenvalue weighted by Crippen LogP contribution is 2.29. The van der Waals surface area contributed by atoms with E-state index in [1.165, 1.54) is 7.11 Å². The first-order valence-electron chi connectivity index (χ1n) is 6.03. The number of benzene rings is 2. The molecule has 0 aliphatic heterocycles. The van der Waals surface area contributed by atoms with Crippen LogP contribution in [0, 0.1) is 0 Å². The highest BCUT2D eigenvalue weighted by Gasteiger charge is 2.12. The lowest BCUT2D eigenvalue weighted by atomic mass is 10.2. The molecule has 6 heteroatoms. The third kappa shape index (κ3) is 3.68. The van der Waals surface area contributed by atoms with Gasteiger partial charge in [0.25, 0.3) is 5.91 Å². The molecule has 0 spiro atoms. The Morgan fingerprint density at radius 3 is 2.38 bits per heavy atom. The molecule has 21 heavy (non-hydrogen) atoms. The Balaban J connectivity index is 2.26. The Kier molecular flexibility index (Phi) is 5.09. The van der Waals surface area contributed by atoms with E-state index < -0.39 is 0 Å². The number of ether oxygens (including phenoxy) is 2. The molecule has 0 aromatic heterocycles. The molecular weight excluding hydrogens is 358 g/mol. The molecule has 0 heterocycles. The fraction of sp³-hybridized carbons (Fsp3) is 0.133. The van der Waals surface area contributed by atoms with Gasteiger partial charge < -0.3 is 14.8 Å². The van der Waals surface area contributed by atoms with Crippen molar-refractivity contribution < 1.29 is 14.3 Å². The van der Waals surface area contributed by atoms with E-state index in [-0.39, 0.29) is 5.91 Å². The van der Waals surface area contributed by atoms with Gasteiger partial charge in [-0.15, -0.1) is 0 Å². The monoisotopic (exact) mass is 369 g/mol. The zero-order chi connectivity index (χ0) is 15.4.